The molecule has 4 heteroatoms. The summed E-state index contributed by atoms with van der Waals surface area (Å²) in [6.07, 6.45) is 0.619. The van der Waals surface area contributed by atoms with Gasteiger partial charge in [0.05, 0.1) is 6.10 Å². The lowest BCUT2D eigenvalue weighted by Crippen LogP contribution is -2.24. The van der Waals surface area contributed by atoms with Crippen molar-refractivity contribution in [2.24, 2.45) is 0 Å². The topological polar surface area (TPSA) is 49.3 Å². The van der Waals surface area contributed by atoms with Gasteiger partial charge in [-0.3, -0.25) is 4.79 Å². The first kappa shape index (κ1) is 11.2. The van der Waals surface area contributed by atoms with Gasteiger partial charge in [0.1, 0.15) is 0 Å². The minimum absolute atomic E-state index is 0.0309. The zero-order chi connectivity index (χ0) is 10.4. The van der Waals surface area contributed by atoms with E-state index in [0.717, 1.165) is 4.88 Å². The van der Waals surface area contributed by atoms with E-state index in [1.54, 1.807) is 0 Å². The van der Waals surface area contributed by atoms with E-state index in [2.05, 4.69) is 5.32 Å². The first-order chi connectivity index (χ1) is 6.74. The van der Waals surface area contributed by atoms with Gasteiger partial charge in [-0.2, -0.15) is 0 Å². The molecule has 0 saturated heterocycles. The number of hydrogen-bond donors (Lipinski definition) is 2. The Labute approximate surface area is 87.8 Å². The summed E-state index contributed by atoms with van der Waals surface area (Å²) < 4.78 is 0. The molecule has 2 N–H and O–H groups in total. The molecular formula is C10H15NO2S. The van der Waals surface area contributed by atoms with E-state index < -0.39 is 6.10 Å². The van der Waals surface area contributed by atoms with Crippen molar-refractivity contribution in [1.29, 1.82) is 0 Å². The third kappa shape index (κ3) is 3.47. The quantitative estimate of drug-likeness (QED) is 0.782. The highest BCUT2D eigenvalue weighted by atomic mass is 32.1. The summed E-state index contributed by atoms with van der Waals surface area (Å²) in [6, 6.07) is 3.81. The fourth-order valence-electron chi connectivity index (χ4n) is 1.10. The molecule has 0 spiro atoms. The number of carbonyl (C=O) groups excluding carboxylic acids is 1. The number of carbonyl (C=O) groups is 1. The molecule has 0 aliphatic rings. The molecule has 14 heavy (non-hydrogen) atoms. The van der Waals surface area contributed by atoms with Crippen LogP contribution >= 0.6 is 11.3 Å². The number of amides is 1. The Morgan fingerprint density at radius 3 is 3.07 bits per heavy atom. The average molecular weight is 213 g/mol. The van der Waals surface area contributed by atoms with E-state index in [9.17, 15) is 9.90 Å². The zero-order valence-electron chi connectivity index (χ0n) is 8.19. The molecule has 0 aromatic carbocycles. The van der Waals surface area contributed by atoms with E-state index in [1.165, 1.54) is 11.3 Å². The number of hydrogen-bond acceptors (Lipinski definition) is 3. The highest BCUT2D eigenvalue weighted by Gasteiger charge is 2.08. The lowest BCUT2D eigenvalue weighted by atomic mass is 10.2. The van der Waals surface area contributed by atoms with Crippen LogP contribution in [0.2, 0.25) is 0 Å². The van der Waals surface area contributed by atoms with Gasteiger partial charge in [-0.15, -0.1) is 11.3 Å². The van der Waals surface area contributed by atoms with Gasteiger partial charge in [0, 0.05) is 17.8 Å². The highest BCUT2D eigenvalue weighted by Crippen LogP contribution is 2.20. The van der Waals surface area contributed by atoms with Gasteiger partial charge in [-0.25, -0.2) is 0 Å². The van der Waals surface area contributed by atoms with E-state index in [0.29, 0.717) is 19.4 Å². The third-order valence-corrected chi connectivity index (χ3v) is 2.91. The van der Waals surface area contributed by atoms with Crippen LogP contribution in [0.5, 0.6) is 0 Å². The minimum atomic E-state index is -0.452. The van der Waals surface area contributed by atoms with E-state index in [-0.39, 0.29) is 5.91 Å². The standard InChI is InChI=1S/C10H15NO2S/c1-2-10(13)11-6-5-8(12)9-4-3-7-14-9/h3-4,7-8,12H,2,5-6H2,1H3,(H,11,13). The molecule has 0 aliphatic carbocycles. The molecule has 0 fully saturated rings. The SMILES string of the molecule is CCC(=O)NCCC(O)c1cccs1. The van der Waals surface area contributed by atoms with Crippen molar-refractivity contribution >= 4 is 17.2 Å². The van der Waals surface area contributed by atoms with Crippen LogP contribution in [0.15, 0.2) is 17.5 Å². The molecule has 1 heterocycles. The molecule has 0 saturated carbocycles. The zero-order valence-corrected chi connectivity index (χ0v) is 9.01. The summed E-state index contributed by atoms with van der Waals surface area (Å²) in [5, 5.41) is 14.3. The number of rotatable bonds is 5. The van der Waals surface area contributed by atoms with Gasteiger partial charge in [-0.05, 0) is 17.9 Å². The van der Waals surface area contributed by atoms with Crippen molar-refractivity contribution in [1.82, 2.24) is 5.32 Å². The lowest BCUT2D eigenvalue weighted by molar-refractivity contribution is -0.120. The minimum Gasteiger partial charge on any atom is -0.388 e. The second-order valence-electron chi connectivity index (χ2n) is 3.02. The van der Waals surface area contributed by atoms with Crippen molar-refractivity contribution in [2.75, 3.05) is 6.54 Å². The van der Waals surface area contributed by atoms with Crippen molar-refractivity contribution in [3.05, 3.63) is 22.4 Å². The van der Waals surface area contributed by atoms with Crippen LogP contribution in [0.1, 0.15) is 30.7 Å². The number of aliphatic hydroxyl groups excluding tert-OH is 1. The predicted octanol–water partition coefficient (Wildman–Crippen LogP) is 1.70. The lowest BCUT2D eigenvalue weighted by Gasteiger charge is -2.08. The van der Waals surface area contributed by atoms with Crippen LogP contribution in [-0.2, 0) is 4.79 Å². The van der Waals surface area contributed by atoms with Crippen molar-refractivity contribution < 1.29 is 9.90 Å². The van der Waals surface area contributed by atoms with E-state index in [4.69, 9.17) is 0 Å². The van der Waals surface area contributed by atoms with Crippen LogP contribution in [0, 0.1) is 0 Å². The molecule has 3 nitrogen and oxygen atoms in total. The summed E-state index contributed by atoms with van der Waals surface area (Å²) in [5.41, 5.74) is 0. The smallest absolute Gasteiger partial charge is 0.219 e. The molecule has 0 aliphatic heterocycles. The normalized spacial score (nSPS) is 12.4. The van der Waals surface area contributed by atoms with Gasteiger partial charge < -0.3 is 10.4 Å². The number of aliphatic hydroxyl groups is 1. The Kier molecular flexibility index (Phi) is 4.62. The van der Waals surface area contributed by atoms with Crippen LogP contribution in [0.3, 0.4) is 0 Å². The Balaban J connectivity index is 2.22. The average Bonchev–Trinajstić information content (AvgIpc) is 2.70. The molecule has 1 aromatic rings. The largest absolute Gasteiger partial charge is 0.388 e. The Morgan fingerprint density at radius 2 is 2.50 bits per heavy atom. The van der Waals surface area contributed by atoms with Crippen molar-refractivity contribution in [3.63, 3.8) is 0 Å². The maximum absolute atomic E-state index is 10.9. The summed E-state index contributed by atoms with van der Waals surface area (Å²) >= 11 is 1.53. The summed E-state index contributed by atoms with van der Waals surface area (Å²) in [5.74, 6) is 0.0309. The Hall–Kier alpha value is -0.870. The molecule has 0 bridgehead atoms. The summed E-state index contributed by atoms with van der Waals surface area (Å²) in [6.45, 7) is 2.34. The van der Waals surface area contributed by atoms with Gasteiger partial charge in [0.15, 0.2) is 0 Å². The Morgan fingerprint density at radius 1 is 1.71 bits per heavy atom. The first-order valence-corrected chi connectivity index (χ1v) is 5.60. The van der Waals surface area contributed by atoms with Crippen LogP contribution in [0.25, 0.3) is 0 Å². The molecule has 1 aromatic heterocycles. The van der Waals surface area contributed by atoms with Gasteiger partial charge in [0.2, 0.25) is 5.91 Å². The van der Waals surface area contributed by atoms with Gasteiger partial charge in [-0.1, -0.05) is 13.0 Å². The Bertz CT molecular complexity index is 272. The van der Waals surface area contributed by atoms with Gasteiger partial charge >= 0.3 is 0 Å². The second kappa shape index (κ2) is 5.78. The van der Waals surface area contributed by atoms with E-state index >= 15 is 0 Å². The van der Waals surface area contributed by atoms with E-state index in [1.807, 2.05) is 24.4 Å². The molecule has 1 rings (SSSR count). The van der Waals surface area contributed by atoms with Crippen LogP contribution < -0.4 is 5.32 Å². The summed E-state index contributed by atoms with van der Waals surface area (Å²) in [7, 11) is 0. The predicted molar refractivity (Wildman–Crippen MR) is 57.2 cm³/mol. The molecule has 0 radical (unpaired) electrons. The maximum atomic E-state index is 10.9. The van der Waals surface area contributed by atoms with Crippen molar-refractivity contribution in [3.8, 4) is 0 Å². The highest BCUT2D eigenvalue weighted by molar-refractivity contribution is 7.10. The fraction of sp³-hybridized carbons (Fsp3) is 0.500. The molecular weight excluding hydrogens is 198 g/mol. The molecule has 1 amide bonds. The fourth-order valence-corrected chi connectivity index (χ4v) is 1.84. The first-order valence-electron chi connectivity index (χ1n) is 4.72. The molecule has 1 unspecified atom stereocenters. The second-order valence-corrected chi connectivity index (χ2v) is 4.00. The number of thiophene rings is 1. The maximum Gasteiger partial charge on any atom is 0.219 e. The third-order valence-electron chi connectivity index (χ3n) is 1.93. The monoisotopic (exact) mass is 213 g/mol. The van der Waals surface area contributed by atoms with Crippen molar-refractivity contribution in [2.45, 2.75) is 25.9 Å². The number of nitrogens with one attached hydrogen (secondary N) is 1. The van der Waals surface area contributed by atoms with Crippen LogP contribution in [0.4, 0.5) is 0 Å². The van der Waals surface area contributed by atoms with Crippen LogP contribution in [-0.4, -0.2) is 17.6 Å². The van der Waals surface area contributed by atoms with Gasteiger partial charge in [0.25, 0.3) is 0 Å². The molecule has 78 valence electrons. The summed E-state index contributed by atoms with van der Waals surface area (Å²) in [4.78, 5) is 11.8. The molecule has 1 atom stereocenters.